The zero-order chi connectivity index (χ0) is 12.9. The molecule has 17 heavy (non-hydrogen) atoms. The van der Waals surface area contributed by atoms with Crippen LogP contribution in [0.25, 0.3) is 0 Å². The summed E-state index contributed by atoms with van der Waals surface area (Å²) in [6, 6.07) is 0. The van der Waals surface area contributed by atoms with Crippen LogP contribution < -0.4 is 0 Å². The summed E-state index contributed by atoms with van der Waals surface area (Å²) in [6.45, 7) is 3.88. The van der Waals surface area contributed by atoms with Crippen molar-refractivity contribution in [3.63, 3.8) is 0 Å². The third kappa shape index (κ3) is 5.12. The molecular formula is C11H22ClNO3S. The summed E-state index contributed by atoms with van der Waals surface area (Å²) in [4.78, 5) is 0. The summed E-state index contributed by atoms with van der Waals surface area (Å²) in [6.07, 6.45) is 2.07. The standard InChI is InChI=1S/C11H22ClNO3S/c1-10(6-12)9-17(14,15)13(2)7-11-4-3-5-16-8-11/h10-11H,3-9H2,1-2H3. The molecule has 1 aliphatic rings. The molecular weight excluding hydrogens is 262 g/mol. The summed E-state index contributed by atoms with van der Waals surface area (Å²) in [5, 5.41) is 0. The molecule has 1 aliphatic heterocycles. The lowest BCUT2D eigenvalue weighted by atomic mass is 10.0. The van der Waals surface area contributed by atoms with E-state index in [4.69, 9.17) is 16.3 Å². The van der Waals surface area contributed by atoms with Crippen molar-refractivity contribution >= 4 is 21.6 Å². The maximum Gasteiger partial charge on any atom is 0.214 e. The lowest BCUT2D eigenvalue weighted by molar-refractivity contribution is 0.0495. The van der Waals surface area contributed by atoms with Crippen LogP contribution in [0.4, 0.5) is 0 Å². The second-order valence-electron chi connectivity index (χ2n) is 4.90. The van der Waals surface area contributed by atoms with Crippen LogP contribution in [-0.2, 0) is 14.8 Å². The van der Waals surface area contributed by atoms with E-state index in [1.54, 1.807) is 7.05 Å². The Bertz CT molecular complexity index is 315. The van der Waals surface area contributed by atoms with Gasteiger partial charge in [-0.3, -0.25) is 0 Å². The average molecular weight is 284 g/mol. The second-order valence-corrected chi connectivity index (χ2v) is 7.33. The minimum Gasteiger partial charge on any atom is -0.381 e. The summed E-state index contributed by atoms with van der Waals surface area (Å²) in [5.74, 6) is 0.821. The Morgan fingerprint density at radius 1 is 1.53 bits per heavy atom. The van der Waals surface area contributed by atoms with Crippen molar-refractivity contribution in [2.45, 2.75) is 19.8 Å². The maximum absolute atomic E-state index is 12.0. The van der Waals surface area contributed by atoms with Crippen LogP contribution in [0, 0.1) is 11.8 Å². The molecule has 2 unspecified atom stereocenters. The SMILES string of the molecule is CC(CCl)CS(=O)(=O)N(C)CC1CCCOC1. The molecule has 1 saturated heterocycles. The smallest absolute Gasteiger partial charge is 0.214 e. The predicted octanol–water partition coefficient (Wildman–Crippen LogP) is 1.55. The number of hydrogen-bond donors (Lipinski definition) is 0. The Morgan fingerprint density at radius 2 is 2.24 bits per heavy atom. The van der Waals surface area contributed by atoms with Gasteiger partial charge in [-0.15, -0.1) is 11.6 Å². The molecule has 0 amide bonds. The molecule has 0 bridgehead atoms. The van der Waals surface area contributed by atoms with Crippen LogP contribution in [0.1, 0.15) is 19.8 Å². The molecule has 6 heteroatoms. The van der Waals surface area contributed by atoms with E-state index >= 15 is 0 Å². The molecule has 2 atom stereocenters. The van der Waals surface area contributed by atoms with Gasteiger partial charge in [-0.1, -0.05) is 6.92 Å². The molecule has 0 radical (unpaired) electrons. The molecule has 0 aromatic heterocycles. The van der Waals surface area contributed by atoms with Gasteiger partial charge in [-0.25, -0.2) is 12.7 Å². The fourth-order valence-electron chi connectivity index (χ4n) is 1.96. The molecule has 0 N–H and O–H groups in total. The second kappa shape index (κ2) is 6.92. The zero-order valence-corrected chi connectivity index (χ0v) is 12.1. The van der Waals surface area contributed by atoms with Gasteiger partial charge in [0.15, 0.2) is 0 Å². The summed E-state index contributed by atoms with van der Waals surface area (Å²) in [5.41, 5.74) is 0. The highest BCUT2D eigenvalue weighted by atomic mass is 35.5. The predicted molar refractivity (Wildman–Crippen MR) is 69.8 cm³/mol. The van der Waals surface area contributed by atoms with E-state index in [0.717, 1.165) is 19.4 Å². The van der Waals surface area contributed by atoms with Crippen LogP contribution in [0.15, 0.2) is 0 Å². The van der Waals surface area contributed by atoms with Crippen LogP contribution in [-0.4, -0.2) is 51.2 Å². The van der Waals surface area contributed by atoms with Gasteiger partial charge in [0.2, 0.25) is 10.0 Å². The Kier molecular flexibility index (Phi) is 6.20. The maximum atomic E-state index is 12.0. The number of sulfonamides is 1. The third-order valence-electron chi connectivity index (χ3n) is 3.00. The lowest BCUT2D eigenvalue weighted by Crippen LogP contribution is -2.37. The zero-order valence-electron chi connectivity index (χ0n) is 10.6. The third-order valence-corrected chi connectivity index (χ3v) is 5.62. The van der Waals surface area contributed by atoms with Crippen LogP contribution in [0.3, 0.4) is 0 Å². The largest absolute Gasteiger partial charge is 0.381 e. The lowest BCUT2D eigenvalue weighted by Gasteiger charge is -2.27. The van der Waals surface area contributed by atoms with Crippen molar-refractivity contribution in [1.82, 2.24) is 4.31 Å². The summed E-state index contributed by atoms with van der Waals surface area (Å²) >= 11 is 5.65. The molecule has 102 valence electrons. The first-order valence-electron chi connectivity index (χ1n) is 6.03. The van der Waals surface area contributed by atoms with E-state index in [9.17, 15) is 8.42 Å². The quantitative estimate of drug-likeness (QED) is 0.695. The average Bonchev–Trinajstić information content (AvgIpc) is 2.29. The normalized spacial score (nSPS) is 23.9. The van der Waals surface area contributed by atoms with Gasteiger partial charge < -0.3 is 4.74 Å². The molecule has 1 fully saturated rings. The Balaban J connectivity index is 2.47. The van der Waals surface area contributed by atoms with Gasteiger partial charge in [0, 0.05) is 26.1 Å². The fourth-order valence-corrected chi connectivity index (χ4v) is 3.73. The first-order valence-corrected chi connectivity index (χ1v) is 8.17. The highest BCUT2D eigenvalue weighted by molar-refractivity contribution is 7.89. The van der Waals surface area contributed by atoms with Crippen molar-refractivity contribution in [1.29, 1.82) is 0 Å². The van der Waals surface area contributed by atoms with Gasteiger partial charge >= 0.3 is 0 Å². The van der Waals surface area contributed by atoms with Gasteiger partial charge in [-0.2, -0.15) is 0 Å². The number of halogens is 1. The number of hydrogen-bond acceptors (Lipinski definition) is 3. The number of alkyl halides is 1. The van der Waals surface area contributed by atoms with Crippen molar-refractivity contribution in [3.05, 3.63) is 0 Å². The fraction of sp³-hybridized carbons (Fsp3) is 1.00. The van der Waals surface area contributed by atoms with E-state index in [2.05, 4.69) is 0 Å². The van der Waals surface area contributed by atoms with Crippen molar-refractivity contribution in [2.75, 3.05) is 38.4 Å². The number of nitrogens with zero attached hydrogens (tertiary/aromatic N) is 1. The van der Waals surface area contributed by atoms with Gasteiger partial charge in [0.1, 0.15) is 0 Å². The summed E-state index contributed by atoms with van der Waals surface area (Å²) in [7, 11) is -1.53. The van der Waals surface area contributed by atoms with E-state index in [-0.39, 0.29) is 11.7 Å². The Hall–Kier alpha value is 0.160. The molecule has 0 aromatic carbocycles. The molecule has 0 aromatic rings. The minimum atomic E-state index is -3.18. The van der Waals surface area contributed by atoms with E-state index in [1.165, 1.54) is 4.31 Å². The van der Waals surface area contributed by atoms with Gasteiger partial charge in [-0.05, 0) is 24.7 Å². The molecule has 1 rings (SSSR count). The summed E-state index contributed by atoms with van der Waals surface area (Å²) < 4.78 is 30.8. The topological polar surface area (TPSA) is 46.6 Å². The van der Waals surface area contributed by atoms with Crippen molar-refractivity contribution in [2.24, 2.45) is 11.8 Å². The van der Waals surface area contributed by atoms with Crippen molar-refractivity contribution < 1.29 is 13.2 Å². The molecule has 1 heterocycles. The Morgan fingerprint density at radius 3 is 2.76 bits per heavy atom. The van der Waals surface area contributed by atoms with E-state index in [0.29, 0.717) is 24.9 Å². The highest BCUT2D eigenvalue weighted by Gasteiger charge is 2.24. The van der Waals surface area contributed by atoms with E-state index < -0.39 is 10.0 Å². The van der Waals surface area contributed by atoms with E-state index in [1.807, 2.05) is 6.92 Å². The van der Waals surface area contributed by atoms with Crippen LogP contribution in [0.2, 0.25) is 0 Å². The molecule has 0 saturated carbocycles. The first-order chi connectivity index (χ1) is 7.95. The van der Waals surface area contributed by atoms with Crippen molar-refractivity contribution in [3.8, 4) is 0 Å². The van der Waals surface area contributed by atoms with Gasteiger partial charge in [0.25, 0.3) is 0 Å². The number of rotatable bonds is 6. The van der Waals surface area contributed by atoms with Crippen LogP contribution >= 0.6 is 11.6 Å². The number of ether oxygens (including phenoxy) is 1. The first kappa shape index (κ1) is 15.2. The molecule has 0 aliphatic carbocycles. The molecule has 0 spiro atoms. The minimum absolute atomic E-state index is 0.00766. The van der Waals surface area contributed by atoms with Crippen LogP contribution in [0.5, 0.6) is 0 Å². The Labute approximate surface area is 109 Å². The molecule has 4 nitrogen and oxygen atoms in total. The monoisotopic (exact) mass is 283 g/mol. The highest BCUT2D eigenvalue weighted by Crippen LogP contribution is 2.17. The van der Waals surface area contributed by atoms with Gasteiger partial charge in [0.05, 0.1) is 12.4 Å².